The van der Waals surface area contributed by atoms with Crippen molar-refractivity contribution in [1.82, 2.24) is 4.90 Å². The van der Waals surface area contributed by atoms with Gasteiger partial charge in [0, 0.05) is 31.0 Å². The van der Waals surface area contributed by atoms with Gasteiger partial charge >= 0.3 is 5.97 Å². The molecule has 3 rings (SSSR count). The van der Waals surface area contributed by atoms with Gasteiger partial charge in [-0.3, -0.25) is 0 Å². The molecule has 6 heteroatoms. The lowest BCUT2D eigenvalue weighted by atomic mass is 9.79. The molecule has 0 radical (unpaired) electrons. The van der Waals surface area contributed by atoms with Crippen molar-refractivity contribution in [1.29, 1.82) is 0 Å². The Morgan fingerprint density at radius 1 is 1.00 bits per heavy atom. The molecule has 0 spiro atoms. The number of benzene rings is 2. The standard InChI is InChI=1S/C23H29NO4.ClH/c1-15-9-17-14-23(7-8-24(3)4,28-22(25)21(17)10-16(15)2)18-11-19(26-5)13-20(12-18)27-6;/h9-13H,7-8,14H2,1-6H3;1H. The molecule has 1 unspecified atom stereocenters. The zero-order valence-corrected chi connectivity index (χ0v) is 18.8. The molecule has 158 valence electrons. The van der Waals surface area contributed by atoms with Gasteiger partial charge in [-0.25, -0.2) is 4.79 Å². The Kier molecular flexibility index (Phi) is 7.20. The predicted octanol–water partition coefficient (Wildman–Crippen LogP) is 4.30. The van der Waals surface area contributed by atoms with Crippen LogP contribution in [0.4, 0.5) is 0 Å². The van der Waals surface area contributed by atoms with Gasteiger partial charge in [-0.05, 0) is 62.8 Å². The number of carbonyl (C=O) groups excluding carboxylic acids is 1. The number of hydrogen-bond donors (Lipinski definition) is 0. The van der Waals surface area contributed by atoms with Crippen LogP contribution in [0.5, 0.6) is 11.5 Å². The number of cyclic esters (lactones) is 1. The minimum absolute atomic E-state index is 0. The smallest absolute Gasteiger partial charge is 0.339 e. The summed E-state index contributed by atoms with van der Waals surface area (Å²) in [6.07, 6.45) is 1.30. The highest BCUT2D eigenvalue weighted by molar-refractivity contribution is 5.93. The Morgan fingerprint density at radius 3 is 2.14 bits per heavy atom. The molecule has 0 saturated carbocycles. The van der Waals surface area contributed by atoms with Crippen LogP contribution < -0.4 is 9.47 Å². The number of hydrogen-bond acceptors (Lipinski definition) is 5. The maximum absolute atomic E-state index is 13.0. The second-order valence-electron chi connectivity index (χ2n) is 7.81. The van der Waals surface area contributed by atoms with E-state index in [1.54, 1.807) is 14.2 Å². The summed E-state index contributed by atoms with van der Waals surface area (Å²) in [6.45, 7) is 4.88. The van der Waals surface area contributed by atoms with Gasteiger partial charge in [0.15, 0.2) is 0 Å². The molecular formula is C23H30ClNO4. The maximum atomic E-state index is 13.0. The van der Waals surface area contributed by atoms with Gasteiger partial charge in [0.25, 0.3) is 0 Å². The first-order valence-electron chi connectivity index (χ1n) is 9.50. The van der Waals surface area contributed by atoms with E-state index in [4.69, 9.17) is 14.2 Å². The summed E-state index contributed by atoms with van der Waals surface area (Å²) in [5, 5.41) is 0. The molecule has 2 aromatic carbocycles. The molecule has 1 aliphatic rings. The van der Waals surface area contributed by atoms with E-state index in [1.165, 1.54) is 5.56 Å². The first-order chi connectivity index (χ1) is 13.3. The second kappa shape index (κ2) is 9.06. The third-order valence-corrected chi connectivity index (χ3v) is 5.54. The molecule has 1 aliphatic heterocycles. The van der Waals surface area contributed by atoms with Gasteiger partial charge in [-0.2, -0.15) is 0 Å². The SMILES string of the molecule is COc1cc(OC)cc(C2(CCN(C)C)Cc3cc(C)c(C)cc3C(=O)O2)c1.Cl. The van der Waals surface area contributed by atoms with Crippen LogP contribution in [0.25, 0.3) is 0 Å². The molecule has 0 saturated heterocycles. The molecule has 0 fully saturated rings. The molecular weight excluding hydrogens is 390 g/mol. The number of fused-ring (bicyclic) bond motifs is 1. The summed E-state index contributed by atoms with van der Waals surface area (Å²) < 4.78 is 17.1. The van der Waals surface area contributed by atoms with Crippen molar-refractivity contribution in [2.24, 2.45) is 0 Å². The van der Waals surface area contributed by atoms with E-state index in [0.717, 1.165) is 23.2 Å². The Morgan fingerprint density at radius 2 is 1.59 bits per heavy atom. The quantitative estimate of drug-likeness (QED) is 0.653. The topological polar surface area (TPSA) is 48.0 Å². The number of carbonyl (C=O) groups is 1. The Balaban J connectivity index is 0.00000300. The normalized spacial score (nSPS) is 18.0. The van der Waals surface area contributed by atoms with E-state index >= 15 is 0 Å². The number of esters is 1. The van der Waals surface area contributed by atoms with Crippen LogP contribution in [0.15, 0.2) is 30.3 Å². The van der Waals surface area contributed by atoms with Crippen LogP contribution in [0, 0.1) is 13.8 Å². The highest BCUT2D eigenvalue weighted by Gasteiger charge is 2.42. The number of rotatable bonds is 6. The molecule has 0 aromatic heterocycles. The van der Waals surface area contributed by atoms with Gasteiger partial charge < -0.3 is 19.1 Å². The number of methoxy groups -OCH3 is 2. The van der Waals surface area contributed by atoms with Crippen molar-refractivity contribution < 1.29 is 19.0 Å². The van der Waals surface area contributed by atoms with Crippen molar-refractivity contribution in [2.45, 2.75) is 32.3 Å². The van der Waals surface area contributed by atoms with E-state index < -0.39 is 5.60 Å². The minimum Gasteiger partial charge on any atom is -0.497 e. The van der Waals surface area contributed by atoms with E-state index in [0.29, 0.717) is 29.9 Å². The first kappa shape index (κ1) is 23.0. The van der Waals surface area contributed by atoms with Gasteiger partial charge in [-0.1, -0.05) is 6.07 Å². The highest BCUT2D eigenvalue weighted by Crippen LogP contribution is 2.42. The summed E-state index contributed by atoms with van der Waals surface area (Å²) in [6, 6.07) is 9.77. The zero-order valence-electron chi connectivity index (χ0n) is 18.0. The van der Waals surface area contributed by atoms with Crippen molar-refractivity contribution in [3.05, 3.63) is 58.1 Å². The van der Waals surface area contributed by atoms with Gasteiger partial charge in [-0.15, -0.1) is 12.4 Å². The fraction of sp³-hybridized carbons (Fsp3) is 0.435. The Hall–Kier alpha value is -2.24. The number of ether oxygens (including phenoxy) is 3. The summed E-state index contributed by atoms with van der Waals surface area (Å²) in [7, 11) is 7.29. The van der Waals surface area contributed by atoms with Crippen molar-refractivity contribution in [3.63, 3.8) is 0 Å². The lowest BCUT2D eigenvalue weighted by Crippen LogP contribution is -2.41. The second-order valence-corrected chi connectivity index (χ2v) is 7.81. The lowest BCUT2D eigenvalue weighted by Gasteiger charge is -2.39. The lowest BCUT2D eigenvalue weighted by molar-refractivity contribution is -0.0357. The zero-order chi connectivity index (χ0) is 20.5. The molecule has 1 atom stereocenters. The average Bonchev–Trinajstić information content (AvgIpc) is 2.67. The number of halogens is 1. The van der Waals surface area contributed by atoms with Crippen molar-refractivity contribution in [3.8, 4) is 11.5 Å². The van der Waals surface area contributed by atoms with Crippen LogP contribution in [0.3, 0.4) is 0 Å². The summed E-state index contributed by atoms with van der Waals surface area (Å²) in [5.74, 6) is 1.09. The molecule has 2 aromatic rings. The van der Waals surface area contributed by atoms with Crippen LogP contribution >= 0.6 is 12.4 Å². The average molecular weight is 420 g/mol. The minimum atomic E-state index is -0.766. The van der Waals surface area contributed by atoms with Crippen LogP contribution in [0.2, 0.25) is 0 Å². The van der Waals surface area contributed by atoms with E-state index in [-0.39, 0.29) is 18.4 Å². The molecule has 0 amide bonds. The molecule has 0 aliphatic carbocycles. The van der Waals surface area contributed by atoms with E-state index in [2.05, 4.69) is 17.9 Å². The number of aryl methyl sites for hydroxylation is 2. The Labute approximate surface area is 179 Å². The van der Waals surface area contributed by atoms with Crippen LogP contribution in [-0.2, 0) is 16.8 Å². The predicted molar refractivity (Wildman–Crippen MR) is 117 cm³/mol. The fourth-order valence-electron chi connectivity index (χ4n) is 3.71. The largest absolute Gasteiger partial charge is 0.497 e. The number of nitrogens with zero attached hydrogens (tertiary/aromatic N) is 1. The van der Waals surface area contributed by atoms with Crippen LogP contribution in [0.1, 0.15) is 39.0 Å². The highest BCUT2D eigenvalue weighted by atomic mass is 35.5. The van der Waals surface area contributed by atoms with Crippen LogP contribution in [-0.4, -0.2) is 45.7 Å². The summed E-state index contributed by atoms with van der Waals surface area (Å²) in [4.78, 5) is 15.1. The van der Waals surface area contributed by atoms with Crippen molar-refractivity contribution >= 4 is 18.4 Å². The first-order valence-corrected chi connectivity index (χ1v) is 9.50. The maximum Gasteiger partial charge on any atom is 0.339 e. The summed E-state index contributed by atoms with van der Waals surface area (Å²) in [5.41, 5.74) is 4.09. The van der Waals surface area contributed by atoms with E-state index in [1.807, 2.05) is 45.3 Å². The summed E-state index contributed by atoms with van der Waals surface area (Å²) >= 11 is 0. The molecule has 1 heterocycles. The third kappa shape index (κ3) is 4.68. The molecule has 29 heavy (non-hydrogen) atoms. The van der Waals surface area contributed by atoms with Gasteiger partial charge in [0.2, 0.25) is 0 Å². The van der Waals surface area contributed by atoms with Gasteiger partial charge in [0.1, 0.15) is 17.1 Å². The van der Waals surface area contributed by atoms with E-state index in [9.17, 15) is 4.79 Å². The fourth-order valence-corrected chi connectivity index (χ4v) is 3.71. The Bertz CT molecular complexity index is 874. The third-order valence-electron chi connectivity index (χ3n) is 5.54. The molecule has 0 N–H and O–H groups in total. The monoisotopic (exact) mass is 419 g/mol. The molecule has 5 nitrogen and oxygen atoms in total. The van der Waals surface area contributed by atoms with Gasteiger partial charge in [0.05, 0.1) is 19.8 Å². The molecule has 0 bridgehead atoms. The van der Waals surface area contributed by atoms with Crippen molar-refractivity contribution in [2.75, 3.05) is 34.9 Å².